The molecule has 3 unspecified atom stereocenters. The number of aliphatic hydroxyl groups is 3. The first-order valence-corrected chi connectivity index (χ1v) is 13.7. The lowest BCUT2D eigenvalue weighted by molar-refractivity contribution is -0.479. The van der Waals surface area contributed by atoms with Crippen LogP contribution in [-0.4, -0.2) is 103 Å². The molecule has 214 valence electrons. The van der Waals surface area contributed by atoms with Crippen LogP contribution in [0.4, 0.5) is 0 Å². The number of nitrogens with one attached hydrogen (secondary N) is 3. The topological polar surface area (TPSA) is 134 Å². The molecule has 10 atom stereocenters. The fraction of sp³-hybridized carbons (Fsp3) is 0.586. The first kappa shape index (κ1) is 28.6. The van der Waals surface area contributed by atoms with E-state index >= 15 is 0 Å². The Kier molecular flexibility index (Phi) is 8.99. The Labute approximate surface area is 229 Å². The molecule has 0 aromatic heterocycles. The molecule has 2 saturated heterocycles. The molecule has 0 amide bonds. The second-order valence-electron chi connectivity index (χ2n) is 10.7. The minimum Gasteiger partial charge on any atom is -0.390 e. The van der Waals surface area contributed by atoms with E-state index in [2.05, 4.69) is 52.3 Å². The van der Waals surface area contributed by atoms with Crippen LogP contribution in [-0.2, 0) is 31.9 Å². The van der Waals surface area contributed by atoms with E-state index in [1.807, 2.05) is 25.1 Å². The number of hydrogen-bond acceptors (Lipinski definition) is 10. The highest BCUT2D eigenvalue weighted by Gasteiger charge is 2.64. The van der Waals surface area contributed by atoms with E-state index in [1.54, 1.807) is 14.1 Å². The molecule has 10 nitrogen and oxygen atoms in total. The van der Waals surface area contributed by atoms with Crippen molar-refractivity contribution in [2.24, 2.45) is 0 Å². The van der Waals surface area contributed by atoms with Gasteiger partial charge in [0.05, 0.1) is 30.9 Å². The van der Waals surface area contributed by atoms with E-state index in [0.717, 1.165) is 12.0 Å². The van der Waals surface area contributed by atoms with Gasteiger partial charge >= 0.3 is 0 Å². The summed E-state index contributed by atoms with van der Waals surface area (Å²) in [5.41, 5.74) is 3.57. The lowest BCUT2D eigenvalue weighted by atomic mass is 9.80. The molecule has 2 aliphatic heterocycles. The Balaban J connectivity index is 1.25. The molecule has 2 heterocycles. The molecule has 2 aromatic carbocycles. The van der Waals surface area contributed by atoms with E-state index in [1.165, 1.54) is 11.1 Å². The molecule has 5 rings (SSSR count). The molecular formula is C29H41N3O7. The average molecular weight is 544 g/mol. The molecule has 10 heteroatoms. The SMILES string of the molecule is CN[C@@H]1[C@H](O)[C@H](NC)C2O[C@]3([C@@H](O)CNCc4ccc(Cc5ccccc5)cc4)OC[C@@H](C)OC3OC2[C@H]1O. The van der Waals surface area contributed by atoms with Crippen molar-refractivity contribution < 1.29 is 34.3 Å². The minimum absolute atomic E-state index is 0.148. The van der Waals surface area contributed by atoms with Crippen LogP contribution in [0.5, 0.6) is 0 Å². The number of fused-ring (bicyclic) bond motifs is 2. The van der Waals surface area contributed by atoms with Gasteiger partial charge in [-0.2, -0.15) is 0 Å². The zero-order chi connectivity index (χ0) is 27.6. The maximum absolute atomic E-state index is 11.4. The lowest BCUT2D eigenvalue weighted by Gasteiger charge is -2.58. The Hall–Kier alpha value is -1.96. The third-order valence-corrected chi connectivity index (χ3v) is 8.02. The van der Waals surface area contributed by atoms with Gasteiger partial charge in [-0.3, -0.25) is 0 Å². The van der Waals surface area contributed by atoms with Gasteiger partial charge < -0.3 is 50.2 Å². The van der Waals surface area contributed by atoms with Crippen molar-refractivity contribution in [3.63, 3.8) is 0 Å². The third kappa shape index (κ3) is 5.77. The zero-order valence-electron chi connectivity index (χ0n) is 22.7. The van der Waals surface area contributed by atoms with Gasteiger partial charge in [0.2, 0.25) is 12.1 Å². The first-order chi connectivity index (χ1) is 18.9. The highest BCUT2D eigenvalue weighted by molar-refractivity contribution is 5.28. The van der Waals surface area contributed by atoms with E-state index in [4.69, 9.17) is 18.9 Å². The van der Waals surface area contributed by atoms with Crippen molar-refractivity contribution in [1.82, 2.24) is 16.0 Å². The molecular weight excluding hydrogens is 502 g/mol. The molecule has 6 N–H and O–H groups in total. The molecule has 0 spiro atoms. The van der Waals surface area contributed by atoms with Crippen molar-refractivity contribution in [1.29, 1.82) is 0 Å². The fourth-order valence-corrected chi connectivity index (χ4v) is 5.86. The molecule has 2 aromatic rings. The smallest absolute Gasteiger partial charge is 0.249 e. The Bertz CT molecular complexity index is 1060. The van der Waals surface area contributed by atoms with E-state index in [0.29, 0.717) is 6.54 Å². The number of hydrogen-bond donors (Lipinski definition) is 6. The molecule has 3 aliphatic rings. The van der Waals surface area contributed by atoms with Crippen molar-refractivity contribution in [2.45, 2.75) is 80.7 Å². The standard InChI is InChI=1S/C29H41N3O7/c1-17-16-36-29(28(37-17)38-27-25(35)22(30-2)24(34)23(31-3)26(27)39-29)21(33)15-32-14-20-11-9-19(10-12-20)13-18-7-5-4-6-8-18/h4-12,17,21-28,30-35H,13-16H2,1-3H3/t17-,21+,22-,23+,24+,25+,26?,27?,28?,29+/m1/s1. The van der Waals surface area contributed by atoms with Crippen molar-refractivity contribution in [3.8, 4) is 0 Å². The van der Waals surface area contributed by atoms with Crippen LogP contribution in [0.15, 0.2) is 54.6 Å². The highest BCUT2D eigenvalue weighted by atomic mass is 16.8. The summed E-state index contributed by atoms with van der Waals surface area (Å²) in [5, 5.41) is 42.6. The second-order valence-corrected chi connectivity index (χ2v) is 10.7. The normalized spacial score (nSPS) is 37.1. The quantitative estimate of drug-likeness (QED) is 0.254. The van der Waals surface area contributed by atoms with Crippen LogP contribution in [0.1, 0.15) is 23.6 Å². The van der Waals surface area contributed by atoms with Crippen LogP contribution in [0.2, 0.25) is 0 Å². The molecule has 1 saturated carbocycles. The van der Waals surface area contributed by atoms with E-state index < -0.39 is 54.7 Å². The summed E-state index contributed by atoms with van der Waals surface area (Å²) < 4.78 is 24.8. The Morgan fingerprint density at radius 2 is 1.54 bits per heavy atom. The number of rotatable bonds is 9. The maximum atomic E-state index is 11.4. The molecule has 1 aliphatic carbocycles. The van der Waals surface area contributed by atoms with Crippen LogP contribution in [0.25, 0.3) is 0 Å². The summed E-state index contributed by atoms with van der Waals surface area (Å²) >= 11 is 0. The number of ether oxygens (including phenoxy) is 4. The van der Waals surface area contributed by atoms with Gasteiger partial charge in [0, 0.05) is 13.1 Å². The van der Waals surface area contributed by atoms with Crippen molar-refractivity contribution >= 4 is 0 Å². The summed E-state index contributed by atoms with van der Waals surface area (Å²) in [7, 11) is 3.38. The first-order valence-electron chi connectivity index (χ1n) is 13.7. The Morgan fingerprint density at radius 1 is 0.872 bits per heavy atom. The van der Waals surface area contributed by atoms with Gasteiger partial charge in [0.25, 0.3) is 0 Å². The van der Waals surface area contributed by atoms with Gasteiger partial charge in [-0.1, -0.05) is 54.6 Å². The van der Waals surface area contributed by atoms with Crippen LogP contribution in [0.3, 0.4) is 0 Å². The largest absolute Gasteiger partial charge is 0.390 e. The maximum Gasteiger partial charge on any atom is 0.249 e. The van der Waals surface area contributed by atoms with Gasteiger partial charge in [-0.05, 0) is 44.1 Å². The zero-order valence-corrected chi connectivity index (χ0v) is 22.7. The number of benzene rings is 2. The monoisotopic (exact) mass is 543 g/mol. The Morgan fingerprint density at radius 3 is 2.23 bits per heavy atom. The highest BCUT2D eigenvalue weighted by Crippen LogP contribution is 2.42. The predicted octanol–water partition coefficient (Wildman–Crippen LogP) is -0.119. The van der Waals surface area contributed by atoms with Crippen LogP contribution in [0, 0.1) is 0 Å². The van der Waals surface area contributed by atoms with E-state index in [-0.39, 0.29) is 19.3 Å². The minimum atomic E-state index is -1.62. The van der Waals surface area contributed by atoms with Gasteiger partial charge in [0.1, 0.15) is 24.4 Å². The van der Waals surface area contributed by atoms with Crippen molar-refractivity contribution in [3.05, 3.63) is 71.3 Å². The van der Waals surface area contributed by atoms with Gasteiger partial charge in [-0.15, -0.1) is 0 Å². The molecule has 3 fully saturated rings. The lowest BCUT2D eigenvalue weighted by Crippen LogP contribution is -2.79. The summed E-state index contributed by atoms with van der Waals surface area (Å²) in [6, 6.07) is 17.5. The van der Waals surface area contributed by atoms with E-state index in [9.17, 15) is 15.3 Å². The van der Waals surface area contributed by atoms with Gasteiger partial charge in [0.15, 0.2) is 0 Å². The van der Waals surface area contributed by atoms with Crippen LogP contribution < -0.4 is 16.0 Å². The summed E-state index contributed by atoms with van der Waals surface area (Å²) in [6.07, 6.45) is -5.23. The number of aliphatic hydroxyl groups excluding tert-OH is 3. The average Bonchev–Trinajstić information content (AvgIpc) is 2.94. The second kappa shape index (κ2) is 12.3. The van der Waals surface area contributed by atoms with Crippen molar-refractivity contribution in [2.75, 3.05) is 27.2 Å². The molecule has 0 bridgehead atoms. The van der Waals surface area contributed by atoms with Gasteiger partial charge in [-0.25, -0.2) is 0 Å². The fourth-order valence-electron chi connectivity index (χ4n) is 5.86. The molecule has 0 radical (unpaired) electrons. The molecule has 39 heavy (non-hydrogen) atoms. The summed E-state index contributed by atoms with van der Waals surface area (Å²) in [6.45, 7) is 2.73. The predicted molar refractivity (Wildman–Crippen MR) is 144 cm³/mol. The summed E-state index contributed by atoms with van der Waals surface area (Å²) in [5.74, 6) is -1.62. The summed E-state index contributed by atoms with van der Waals surface area (Å²) in [4.78, 5) is 0. The third-order valence-electron chi connectivity index (χ3n) is 8.02. The van der Waals surface area contributed by atoms with Crippen LogP contribution >= 0.6 is 0 Å². The number of likely N-dealkylation sites (N-methyl/N-ethyl adjacent to an activating group) is 2.